The number of ether oxygens (including phenoxy) is 1. The first-order chi connectivity index (χ1) is 11.2. The molecule has 0 fully saturated rings. The molecule has 128 valence electrons. The second kappa shape index (κ2) is 6.48. The van der Waals surface area contributed by atoms with Gasteiger partial charge in [0.25, 0.3) is 15.7 Å². The van der Waals surface area contributed by atoms with Crippen LogP contribution in [-0.2, 0) is 10.0 Å². The number of aryl methyl sites for hydroxylation is 3. The van der Waals surface area contributed by atoms with Crippen LogP contribution in [0.1, 0.15) is 16.7 Å². The summed E-state index contributed by atoms with van der Waals surface area (Å²) in [5.41, 5.74) is 2.18. The summed E-state index contributed by atoms with van der Waals surface area (Å²) in [6, 6.07) is 7.28. The molecule has 0 spiro atoms. The molecule has 0 saturated heterocycles. The number of hydrogen-bond donors (Lipinski definition) is 1. The molecule has 1 N–H and O–H groups in total. The van der Waals surface area contributed by atoms with Gasteiger partial charge < -0.3 is 4.74 Å². The van der Waals surface area contributed by atoms with E-state index in [1.54, 1.807) is 26.0 Å². The number of methoxy groups -OCH3 is 1. The van der Waals surface area contributed by atoms with Crippen LogP contribution in [0.4, 0.5) is 11.4 Å². The first-order valence-corrected chi connectivity index (χ1v) is 8.57. The van der Waals surface area contributed by atoms with E-state index >= 15 is 0 Å². The topological polar surface area (TPSA) is 98.5 Å². The molecule has 0 atom stereocenters. The maximum absolute atomic E-state index is 12.7. The van der Waals surface area contributed by atoms with Gasteiger partial charge in [0.15, 0.2) is 0 Å². The van der Waals surface area contributed by atoms with Gasteiger partial charge in [-0.3, -0.25) is 14.8 Å². The van der Waals surface area contributed by atoms with Crippen molar-refractivity contribution in [3.05, 3.63) is 57.1 Å². The number of nitrogens with one attached hydrogen (secondary N) is 1. The van der Waals surface area contributed by atoms with Crippen molar-refractivity contribution in [3.63, 3.8) is 0 Å². The second-order valence-corrected chi connectivity index (χ2v) is 7.09. The van der Waals surface area contributed by atoms with Crippen molar-refractivity contribution in [1.82, 2.24) is 0 Å². The van der Waals surface area contributed by atoms with Crippen LogP contribution in [-0.4, -0.2) is 20.5 Å². The minimum absolute atomic E-state index is 0.0789. The average molecular weight is 350 g/mol. The van der Waals surface area contributed by atoms with Crippen LogP contribution in [0.3, 0.4) is 0 Å². The molecule has 0 radical (unpaired) electrons. The fourth-order valence-electron chi connectivity index (χ4n) is 2.66. The van der Waals surface area contributed by atoms with Gasteiger partial charge >= 0.3 is 0 Å². The van der Waals surface area contributed by atoms with Crippen molar-refractivity contribution >= 4 is 21.4 Å². The molecule has 0 aliphatic rings. The Balaban J connectivity index is 2.49. The number of nitro benzene ring substituents is 1. The first-order valence-electron chi connectivity index (χ1n) is 7.09. The van der Waals surface area contributed by atoms with Crippen LogP contribution in [0.25, 0.3) is 0 Å². The average Bonchev–Trinajstić information content (AvgIpc) is 2.45. The highest BCUT2D eigenvalue weighted by molar-refractivity contribution is 7.92. The van der Waals surface area contributed by atoms with E-state index in [2.05, 4.69) is 4.72 Å². The van der Waals surface area contributed by atoms with Crippen molar-refractivity contribution in [2.45, 2.75) is 25.7 Å². The molecule has 0 heterocycles. The van der Waals surface area contributed by atoms with E-state index in [1.165, 1.54) is 25.3 Å². The zero-order valence-electron chi connectivity index (χ0n) is 13.8. The highest BCUT2D eigenvalue weighted by Gasteiger charge is 2.22. The van der Waals surface area contributed by atoms with E-state index in [-0.39, 0.29) is 22.0 Å². The number of nitrogens with zero attached hydrogens (tertiary/aromatic N) is 1. The van der Waals surface area contributed by atoms with Gasteiger partial charge in [-0.2, -0.15) is 0 Å². The van der Waals surface area contributed by atoms with Crippen LogP contribution < -0.4 is 9.46 Å². The molecular weight excluding hydrogens is 332 g/mol. The van der Waals surface area contributed by atoms with Gasteiger partial charge in [-0.15, -0.1) is 0 Å². The maximum atomic E-state index is 12.7. The molecule has 2 rings (SSSR count). The Morgan fingerprint density at radius 1 is 1.08 bits per heavy atom. The van der Waals surface area contributed by atoms with Gasteiger partial charge in [-0.05, 0) is 38.0 Å². The fourth-order valence-corrected chi connectivity index (χ4v) is 4.19. The third kappa shape index (κ3) is 3.48. The summed E-state index contributed by atoms with van der Waals surface area (Å²) in [7, 11) is -2.54. The standard InChI is InChI=1S/C16H18N2O5S/c1-10-7-11(2)16(12(3)8-10)24(21,22)17-14-6-5-13(18(19)20)9-15(14)23-4/h5-9,17H,1-4H3. The summed E-state index contributed by atoms with van der Waals surface area (Å²) < 4.78 is 33.0. The van der Waals surface area contributed by atoms with Gasteiger partial charge in [-0.1, -0.05) is 17.7 Å². The zero-order chi connectivity index (χ0) is 18.1. The molecule has 0 aliphatic heterocycles. The van der Waals surface area contributed by atoms with Crippen LogP contribution in [0, 0.1) is 30.9 Å². The summed E-state index contributed by atoms with van der Waals surface area (Å²) in [6.45, 7) is 5.34. The van der Waals surface area contributed by atoms with Crippen molar-refractivity contribution < 1.29 is 18.1 Å². The van der Waals surface area contributed by atoms with Crippen LogP contribution in [0.15, 0.2) is 35.2 Å². The van der Waals surface area contributed by atoms with Gasteiger partial charge in [0.2, 0.25) is 0 Å². The molecule has 2 aromatic carbocycles. The lowest BCUT2D eigenvalue weighted by Gasteiger charge is -2.15. The molecule has 0 unspecified atom stereocenters. The molecule has 7 nitrogen and oxygen atoms in total. The Bertz CT molecular complexity index is 884. The maximum Gasteiger partial charge on any atom is 0.273 e. The van der Waals surface area contributed by atoms with Crippen LogP contribution >= 0.6 is 0 Å². The van der Waals surface area contributed by atoms with Gasteiger partial charge in [0.1, 0.15) is 5.75 Å². The van der Waals surface area contributed by atoms with Crippen molar-refractivity contribution in [1.29, 1.82) is 0 Å². The number of rotatable bonds is 5. The molecule has 0 bridgehead atoms. The monoisotopic (exact) mass is 350 g/mol. The van der Waals surface area contributed by atoms with E-state index in [1.807, 2.05) is 6.92 Å². The lowest BCUT2D eigenvalue weighted by atomic mass is 10.1. The molecule has 0 saturated carbocycles. The number of hydrogen-bond acceptors (Lipinski definition) is 5. The largest absolute Gasteiger partial charge is 0.494 e. The van der Waals surface area contributed by atoms with Gasteiger partial charge in [0, 0.05) is 6.07 Å². The molecule has 0 aliphatic carbocycles. The van der Waals surface area contributed by atoms with Crippen molar-refractivity contribution in [2.75, 3.05) is 11.8 Å². The Morgan fingerprint density at radius 3 is 2.17 bits per heavy atom. The zero-order valence-corrected chi connectivity index (χ0v) is 14.6. The summed E-state index contributed by atoms with van der Waals surface area (Å²) in [5.74, 6) is 0.0789. The number of sulfonamides is 1. The highest BCUT2D eigenvalue weighted by Crippen LogP contribution is 2.32. The third-order valence-electron chi connectivity index (χ3n) is 3.51. The predicted molar refractivity (Wildman–Crippen MR) is 91.1 cm³/mol. The molecule has 2 aromatic rings. The Kier molecular flexibility index (Phi) is 4.79. The Labute approximate surface area is 140 Å². The van der Waals surface area contributed by atoms with Crippen molar-refractivity contribution in [2.24, 2.45) is 0 Å². The Hall–Kier alpha value is -2.61. The fraction of sp³-hybridized carbons (Fsp3) is 0.250. The van der Waals surface area contributed by atoms with Crippen LogP contribution in [0.2, 0.25) is 0 Å². The third-order valence-corrected chi connectivity index (χ3v) is 5.18. The molecule has 24 heavy (non-hydrogen) atoms. The van der Waals surface area contributed by atoms with Gasteiger partial charge in [-0.25, -0.2) is 8.42 Å². The normalized spacial score (nSPS) is 11.2. The first kappa shape index (κ1) is 17.7. The van der Waals surface area contributed by atoms with Crippen LogP contribution in [0.5, 0.6) is 5.75 Å². The Morgan fingerprint density at radius 2 is 1.67 bits per heavy atom. The van der Waals surface area contributed by atoms with E-state index in [9.17, 15) is 18.5 Å². The summed E-state index contributed by atoms with van der Waals surface area (Å²) >= 11 is 0. The summed E-state index contributed by atoms with van der Waals surface area (Å²) in [4.78, 5) is 10.4. The minimum atomic E-state index is -3.86. The van der Waals surface area contributed by atoms with Crippen molar-refractivity contribution in [3.8, 4) is 5.75 Å². The van der Waals surface area contributed by atoms with E-state index in [0.717, 1.165) is 5.56 Å². The van der Waals surface area contributed by atoms with E-state index in [0.29, 0.717) is 11.1 Å². The number of anilines is 1. The number of nitro groups is 1. The smallest absolute Gasteiger partial charge is 0.273 e. The second-order valence-electron chi connectivity index (χ2n) is 5.48. The lowest BCUT2D eigenvalue weighted by molar-refractivity contribution is -0.384. The van der Waals surface area contributed by atoms with E-state index in [4.69, 9.17) is 4.74 Å². The van der Waals surface area contributed by atoms with E-state index < -0.39 is 14.9 Å². The van der Waals surface area contributed by atoms with Gasteiger partial charge in [0.05, 0.1) is 28.7 Å². The number of benzene rings is 2. The predicted octanol–water partition coefficient (Wildman–Crippen LogP) is 3.33. The molecule has 0 amide bonds. The molecule has 8 heteroatoms. The SMILES string of the molecule is COc1cc([N+](=O)[O-])ccc1NS(=O)(=O)c1c(C)cc(C)cc1C. The number of non-ortho nitro benzene ring substituents is 1. The molecule has 0 aromatic heterocycles. The molecular formula is C16H18N2O5S. The lowest BCUT2D eigenvalue weighted by Crippen LogP contribution is -2.16. The highest BCUT2D eigenvalue weighted by atomic mass is 32.2. The quantitative estimate of drug-likeness (QED) is 0.659. The summed E-state index contributed by atoms with van der Waals surface area (Å²) in [6.07, 6.45) is 0. The summed E-state index contributed by atoms with van der Waals surface area (Å²) in [5, 5.41) is 10.8. The minimum Gasteiger partial charge on any atom is -0.494 e.